The van der Waals surface area contributed by atoms with Gasteiger partial charge < -0.3 is 14.2 Å². The van der Waals surface area contributed by atoms with Gasteiger partial charge in [0.25, 0.3) is 0 Å². The number of rotatable bonds is 5. The van der Waals surface area contributed by atoms with Gasteiger partial charge >= 0.3 is 0 Å². The summed E-state index contributed by atoms with van der Waals surface area (Å²) in [6.07, 6.45) is 10.3. The van der Waals surface area contributed by atoms with Gasteiger partial charge in [0.15, 0.2) is 5.79 Å². The summed E-state index contributed by atoms with van der Waals surface area (Å²) in [7, 11) is 4.38. The molecule has 0 aromatic heterocycles. The molecule has 3 aliphatic rings. The number of hydrogen-bond acceptors (Lipinski definition) is 4. The molecule has 0 aromatic rings. The van der Waals surface area contributed by atoms with Crippen LogP contribution in [0.5, 0.6) is 0 Å². The Morgan fingerprint density at radius 1 is 1.19 bits per heavy atom. The van der Waals surface area contributed by atoms with Gasteiger partial charge in [0.2, 0.25) is 0 Å². The zero-order valence-electron chi connectivity index (χ0n) is 17.6. The highest BCUT2D eigenvalue weighted by molar-refractivity contribution is 5.45. The van der Waals surface area contributed by atoms with Gasteiger partial charge in [-0.15, -0.1) is 0 Å². The molecular weight excluding hydrogens is 326 g/mol. The largest absolute Gasteiger partial charge is 0.494 e. The van der Waals surface area contributed by atoms with E-state index in [2.05, 4.69) is 58.8 Å². The number of hydrogen-bond donors (Lipinski definition) is 0. The van der Waals surface area contributed by atoms with Crippen LogP contribution in [0.3, 0.4) is 0 Å². The second-order valence-corrected chi connectivity index (χ2v) is 9.26. The van der Waals surface area contributed by atoms with Crippen molar-refractivity contribution in [2.45, 2.75) is 71.1 Å². The van der Waals surface area contributed by atoms with E-state index in [1.54, 1.807) is 0 Å². The van der Waals surface area contributed by atoms with Crippen LogP contribution in [0.4, 0.5) is 0 Å². The lowest BCUT2D eigenvalue weighted by atomic mass is 9.68. The Kier molecular flexibility index (Phi) is 5.58. The van der Waals surface area contributed by atoms with E-state index in [9.17, 15) is 0 Å². The number of allylic oxidation sites excluding steroid dienone is 1. The maximum absolute atomic E-state index is 6.21. The van der Waals surface area contributed by atoms with Gasteiger partial charge in [-0.25, -0.2) is 0 Å². The highest BCUT2D eigenvalue weighted by atomic mass is 16.7. The molecule has 0 amide bonds. The fourth-order valence-corrected chi connectivity index (χ4v) is 5.13. The third kappa shape index (κ3) is 3.48. The Bertz CT molecular complexity index is 566. The van der Waals surface area contributed by atoms with E-state index in [-0.39, 0.29) is 16.7 Å². The zero-order valence-corrected chi connectivity index (χ0v) is 17.6. The summed E-state index contributed by atoms with van der Waals surface area (Å²) in [4.78, 5) is 2.37. The number of nitrogens with zero attached hydrogens (tertiary/aromatic N) is 1. The van der Waals surface area contributed by atoms with Crippen molar-refractivity contribution >= 4 is 0 Å². The van der Waals surface area contributed by atoms with Crippen LogP contribution in [0.15, 0.2) is 23.5 Å². The van der Waals surface area contributed by atoms with Crippen LogP contribution in [0.25, 0.3) is 0 Å². The van der Waals surface area contributed by atoms with Gasteiger partial charge in [-0.1, -0.05) is 27.2 Å². The second-order valence-electron chi connectivity index (χ2n) is 9.26. The van der Waals surface area contributed by atoms with Gasteiger partial charge in [0, 0.05) is 12.3 Å². The van der Waals surface area contributed by atoms with Crippen LogP contribution in [0.2, 0.25) is 0 Å². The van der Waals surface area contributed by atoms with Gasteiger partial charge in [-0.05, 0) is 63.4 Å². The minimum absolute atomic E-state index is 0.0683. The van der Waals surface area contributed by atoms with Gasteiger partial charge in [-0.3, -0.25) is 4.90 Å². The van der Waals surface area contributed by atoms with Crippen molar-refractivity contribution < 1.29 is 14.2 Å². The predicted octanol–water partition coefficient (Wildman–Crippen LogP) is 4.52. The lowest BCUT2D eigenvalue weighted by Gasteiger charge is -2.48. The summed E-state index contributed by atoms with van der Waals surface area (Å²) in [5.74, 6) is 1.04. The molecule has 1 aliphatic heterocycles. The Hall–Kier alpha value is -0.840. The van der Waals surface area contributed by atoms with E-state index in [4.69, 9.17) is 14.2 Å². The highest BCUT2D eigenvalue weighted by Crippen LogP contribution is 2.51. The molecule has 0 bridgehead atoms. The molecule has 0 radical (unpaired) electrons. The van der Waals surface area contributed by atoms with E-state index >= 15 is 0 Å². The van der Waals surface area contributed by atoms with Crippen LogP contribution >= 0.6 is 0 Å². The minimum atomic E-state index is -0.369. The van der Waals surface area contributed by atoms with E-state index in [1.807, 2.05) is 0 Å². The summed E-state index contributed by atoms with van der Waals surface area (Å²) in [6, 6.07) is 0. The Morgan fingerprint density at radius 2 is 1.88 bits per heavy atom. The molecule has 2 aliphatic carbocycles. The quantitative estimate of drug-likeness (QED) is 0.719. The summed E-state index contributed by atoms with van der Waals surface area (Å²) in [6.45, 7) is 11.1. The Labute approximate surface area is 159 Å². The summed E-state index contributed by atoms with van der Waals surface area (Å²) < 4.78 is 18.4. The van der Waals surface area contributed by atoms with Crippen LogP contribution in [-0.4, -0.2) is 50.1 Å². The lowest BCUT2D eigenvalue weighted by Crippen LogP contribution is -2.52. The van der Waals surface area contributed by atoms with Crippen molar-refractivity contribution in [1.29, 1.82) is 0 Å². The molecule has 1 saturated heterocycles. The van der Waals surface area contributed by atoms with Crippen molar-refractivity contribution in [2.24, 2.45) is 11.3 Å². The third-order valence-corrected chi connectivity index (χ3v) is 6.33. The molecule has 3 rings (SSSR count). The Balaban J connectivity index is 1.97. The molecule has 4 heteroatoms. The number of ether oxygens (including phenoxy) is 3. The minimum Gasteiger partial charge on any atom is -0.494 e. The van der Waals surface area contributed by atoms with Crippen molar-refractivity contribution in [3.8, 4) is 0 Å². The molecule has 148 valence electrons. The molecule has 26 heavy (non-hydrogen) atoms. The third-order valence-electron chi connectivity index (χ3n) is 6.33. The summed E-state index contributed by atoms with van der Waals surface area (Å²) >= 11 is 0. The Morgan fingerprint density at radius 3 is 2.46 bits per heavy atom. The van der Waals surface area contributed by atoms with Crippen molar-refractivity contribution in [3.05, 3.63) is 23.5 Å². The maximum atomic E-state index is 6.21. The average molecular weight is 364 g/mol. The van der Waals surface area contributed by atoms with Crippen molar-refractivity contribution in [1.82, 2.24) is 4.90 Å². The second kappa shape index (κ2) is 7.29. The average Bonchev–Trinajstić information content (AvgIpc) is 3.16. The molecule has 2 unspecified atom stereocenters. The molecule has 1 heterocycles. The van der Waals surface area contributed by atoms with Crippen molar-refractivity contribution in [2.75, 3.05) is 33.9 Å². The highest BCUT2D eigenvalue weighted by Gasteiger charge is 2.52. The standard InChI is InChI=1S/C22H37NO3/c1-7-24-18-14-19(20(2,3)4)21(16-18,23(5)6)15-17-10-8-9-11-22(17)25-12-13-26-22/h14,16-17H,7-13,15H2,1-6H3. The van der Waals surface area contributed by atoms with E-state index in [0.717, 1.165) is 31.8 Å². The molecule has 0 N–H and O–H groups in total. The fraction of sp³-hybridized carbons (Fsp3) is 0.818. The molecule has 2 atom stereocenters. The first-order valence-corrected chi connectivity index (χ1v) is 10.3. The van der Waals surface area contributed by atoms with Gasteiger partial charge in [0.1, 0.15) is 5.76 Å². The van der Waals surface area contributed by atoms with Gasteiger partial charge in [0.05, 0.1) is 25.4 Å². The van der Waals surface area contributed by atoms with Crippen molar-refractivity contribution in [3.63, 3.8) is 0 Å². The first kappa shape index (κ1) is 19.9. The van der Waals surface area contributed by atoms with Crippen LogP contribution < -0.4 is 0 Å². The topological polar surface area (TPSA) is 30.9 Å². The molecule has 2 fully saturated rings. The summed E-state index contributed by atoms with van der Waals surface area (Å²) in [5.41, 5.74) is 1.35. The number of likely N-dealkylation sites (N-methyl/N-ethyl adjacent to an activating group) is 1. The fourth-order valence-electron chi connectivity index (χ4n) is 5.13. The lowest BCUT2D eigenvalue weighted by molar-refractivity contribution is -0.217. The maximum Gasteiger partial charge on any atom is 0.171 e. The first-order chi connectivity index (χ1) is 12.2. The zero-order chi connectivity index (χ0) is 19.0. The van der Waals surface area contributed by atoms with E-state index < -0.39 is 0 Å². The van der Waals surface area contributed by atoms with Crippen LogP contribution in [0.1, 0.15) is 59.8 Å². The first-order valence-electron chi connectivity index (χ1n) is 10.3. The van der Waals surface area contributed by atoms with Crippen LogP contribution in [-0.2, 0) is 14.2 Å². The summed E-state index contributed by atoms with van der Waals surface area (Å²) in [5, 5.41) is 0. The smallest absolute Gasteiger partial charge is 0.171 e. The normalized spacial score (nSPS) is 31.4. The SMILES string of the molecule is CCOC1=CC(CC2CCCCC23OCCO3)(N(C)C)C(C(C)(C)C)=C1. The monoisotopic (exact) mass is 363 g/mol. The molecular formula is C22H37NO3. The van der Waals surface area contributed by atoms with Crippen LogP contribution in [0, 0.1) is 11.3 Å². The molecule has 4 nitrogen and oxygen atoms in total. The van der Waals surface area contributed by atoms with E-state index in [1.165, 1.54) is 24.8 Å². The molecule has 1 spiro atoms. The predicted molar refractivity (Wildman–Crippen MR) is 105 cm³/mol. The molecule has 1 saturated carbocycles. The van der Waals surface area contributed by atoms with E-state index in [0.29, 0.717) is 12.5 Å². The molecule has 0 aromatic carbocycles. The van der Waals surface area contributed by atoms with Gasteiger partial charge in [-0.2, -0.15) is 0 Å².